The van der Waals surface area contributed by atoms with Gasteiger partial charge in [0.2, 0.25) is 0 Å². The van der Waals surface area contributed by atoms with Crippen molar-refractivity contribution >= 4 is 18.7 Å². The number of hydrogen-bond donors (Lipinski definition) is 2. The Bertz CT molecular complexity index is 510. The van der Waals surface area contributed by atoms with Gasteiger partial charge >= 0.3 is 13.2 Å². The molecule has 0 fully saturated rings. The standard InChI is InChI=1S/C14H20BNO4/c1-14(2,3)20-13(17)16-8-7-10-5-4-6-12(15(18)19)11(10)9-16/h4-6,18-19H,7-9H2,1-3H3. The summed E-state index contributed by atoms with van der Waals surface area (Å²) in [4.78, 5) is 13.7. The van der Waals surface area contributed by atoms with Crippen LogP contribution in [-0.2, 0) is 17.7 Å². The van der Waals surface area contributed by atoms with E-state index in [1.54, 1.807) is 17.0 Å². The highest BCUT2D eigenvalue weighted by molar-refractivity contribution is 6.59. The predicted octanol–water partition coefficient (Wildman–Crippen LogP) is 0.660. The lowest BCUT2D eigenvalue weighted by Gasteiger charge is -2.32. The molecule has 1 aliphatic rings. The third-order valence-electron chi connectivity index (χ3n) is 3.24. The summed E-state index contributed by atoms with van der Waals surface area (Å²) in [7, 11) is -1.52. The average molecular weight is 277 g/mol. The van der Waals surface area contributed by atoms with E-state index in [1.165, 1.54) is 0 Å². The molecule has 0 radical (unpaired) electrons. The number of amides is 1. The summed E-state index contributed by atoms with van der Waals surface area (Å²) in [6.07, 6.45) is 0.320. The van der Waals surface area contributed by atoms with Gasteiger partial charge < -0.3 is 19.7 Å². The average Bonchev–Trinajstić information content (AvgIpc) is 2.35. The third kappa shape index (κ3) is 3.32. The molecule has 0 aromatic heterocycles. The highest BCUT2D eigenvalue weighted by Crippen LogP contribution is 2.20. The van der Waals surface area contributed by atoms with Gasteiger partial charge in [-0.25, -0.2) is 4.79 Å². The van der Waals surface area contributed by atoms with Gasteiger partial charge in [-0.2, -0.15) is 0 Å². The van der Waals surface area contributed by atoms with E-state index in [2.05, 4.69) is 0 Å². The fourth-order valence-corrected chi connectivity index (χ4v) is 2.33. The van der Waals surface area contributed by atoms with Crippen molar-refractivity contribution in [3.63, 3.8) is 0 Å². The van der Waals surface area contributed by atoms with E-state index in [0.717, 1.165) is 11.1 Å². The zero-order chi connectivity index (χ0) is 14.9. The molecule has 0 atom stereocenters. The second kappa shape index (κ2) is 5.46. The zero-order valence-electron chi connectivity index (χ0n) is 12.1. The Labute approximate surface area is 119 Å². The molecule has 2 rings (SSSR count). The highest BCUT2D eigenvalue weighted by Gasteiger charge is 2.28. The van der Waals surface area contributed by atoms with E-state index in [1.807, 2.05) is 26.8 Å². The van der Waals surface area contributed by atoms with E-state index in [9.17, 15) is 14.8 Å². The molecule has 108 valence electrons. The highest BCUT2D eigenvalue weighted by atomic mass is 16.6. The lowest BCUT2D eigenvalue weighted by Crippen LogP contribution is -2.44. The Morgan fingerprint density at radius 1 is 1.35 bits per heavy atom. The van der Waals surface area contributed by atoms with Crippen LogP contribution in [0.25, 0.3) is 0 Å². The summed E-state index contributed by atoms with van der Waals surface area (Å²) < 4.78 is 5.35. The fraction of sp³-hybridized carbons (Fsp3) is 0.500. The second-order valence-electron chi connectivity index (χ2n) is 6.01. The first-order chi connectivity index (χ1) is 9.28. The van der Waals surface area contributed by atoms with Crippen molar-refractivity contribution in [1.29, 1.82) is 0 Å². The minimum atomic E-state index is -1.52. The Morgan fingerprint density at radius 3 is 2.65 bits per heavy atom. The van der Waals surface area contributed by atoms with Crippen LogP contribution >= 0.6 is 0 Å². The Balaban J connectivity index is 2.20. The molecular weight excluding hydrogens is 257 g/mol. The molecule has 1 aromatic rings. The summed E-state index contributed by atoms with van der Waals surface area (Å²) in [5.74, 6) is 0. The van der Waals surface area contributed by atoms with E-state index in [0.29, 0.717) is 25.0 Å². The molecule has 6 heteroatoms. The van der Waals surface area contributed by atoms with Gasteiger partial charge in [-0.15, -0.1) is 0 Å². The molecule has 1 amide bonds. The zero-order valence-corrected chi connectivity index (χ0v) is 12.1. The van der Waals surface area contributed by atoms with Gasteiger partial charge in [0.1, 0.15) is 5.60 Å². The maximum absolute atomic E-state index is 12.1. The molecule has 0 saturated heterocycles. The summed E-state index contributed by atoms with van der Waals surface area (Å²) >= 11 is 0. The van der Waals surface area contributed by atoms with Crippen LogP contribution in [-0.4, -0.2) is 40.3 Å². The van der Waals surface area contributed by atoms with E-state index in [-0.39, 0.29) is 6.09 Å². The molecule has 1 aromatic carbocycles. The summed E-state index contributed by atoms with van der Waals surface area (Å²) in [6, 6.07) is 5.42. The van der Waals surface area contributed by atoms with Crippen LogP contribution in [0.5, 0.6) is 0 Å². The molecule has 2 N–H and O–H groups in total. The van der Waals surface area contributed by atoms with Crippen LogP contribution in [0.15, 0.2) is 18.2 Å². The van der Waals surface area contributed by atoms with E-state index in [4.69, 9.17) is 4.74 Å². The monoisotopic (exact) mass is 277 g/mol. The molecule has 0 unspecified atom stereocenters. The van der Waals surface area contributed by atoms with Crippen molar-refractivity contribution in [3.05, 3.63) is 29.3 Å². The van der Waals surface area contributed by atoms with Gasteiger partial charge in [0, 0.05) is 13.1 Å². The molecule has 0 aliphatic carbocycles. The summed E-state index contributed by atoms with van der Waals surface area (Å²) in [5.41, 5.74) is 1.78. The smallest absolute Gasteiger partial charge is 0.444 e. The van der Waals surface area contributed by atoms with E-state index >= 15 is 0 Å². The topological polar surface area (TPSA) is 70.0 Å². The Kier molecular flexibility index (Phi) is 4.06. The predicted molar refractivity (Wildman–Crippen MR) is 76.6 cm³/mol. The number of nitrogens with zero attached hydrogens (tertiary/aromatic N) is 1. The molecule has 20 heavy (non-hydrogen) atoms. The van der Waals surface area contributed by atoms with Crippen LogP contribution in [0.1, 0.15) is 31.9 Å². The molecular formula is C14H20BNO4. The number of benzene rings is 1. The number of hydrogen-bond acceptors (Lipinski definition) is 4. The first-order valence-electron chi connectivity index (χ1n) is 6.72. The lowest BCUT2D eigenvalue weighted by molar-refractivity contribution is 0.0224. The van der Waals surface area contributed by atoms with Gasteiger partial charge in [-0.05, 0) is 43.8 Å². The van der Waals surface area contributed by atoms with Crippen molar-refractivity contribution in [2.24, 2.45) is 0 Å². The molecule has 0 saturated carbocycles. The summed E-state index contributed by atoms with van der Waals surface area (Å²) in [6.45, 7) is 6.40. The van der Waals surface area contributed by atoms with Crippen molar-refractivity contribution in [2.75, 3.05) is 6.54 Å². The normalized spacial score (nSPS) is 14.8. The molecule has 0 spiro atoms. The van der Waals surface area contributed by atoms with E-state index < -0.39 is 12.7 Å². The van der Waals surface area contributed by atoms with Crippen molar-refractivity contribution < 1.29 is 19.6 Å². The van der Waals surface area contributed by atoms with Crippen molar-refractivity contribution in [2.45, 2.75) is 39.3 Å². The molecule has 0 bridgehead atoms. The maximum atomic E-state index is 12.1. The number of ether oxygens (including phenoxy) is 1. The quantitative estimate of drug-likeness (QED) is 0.740. The van der Waals surface area contributed by atoms with Gasteiger partial charge in [-0.3, -0.25) is 0 Å². The third-order valence-corrected chi connectivity index (χ3v) is 3.24. The minimum absolute atomic E-state index is 0.345. The van der Waals surface area contributed by atoms with Crippen LogP contribution in [0, 0.1) is 0 Å². The largest absolute Gasteiger partial charge is 0.488 e. The number of fused-ring (bicyclic) bond motifs is 1. The van der Waals surface area contributed by atoms with Crippen molar-refractivity contribution in [3.8, 4) is 0 Å². The van der Waals surface area contributed by atoms with Crippen LogP contribution in [0.2, 0.25) is 0 Å². The van der Waals surface area contributed by atoms with Gasteiger partial charge in [-0.1, -0.05) is 18.2 Å². The molecule has 5 nitrogen and oxygen atoms in total. The number of rotatable bonds is 1. The van der Waals surface area contributed by atoms with Crippen LogP contribution < -0.4 is 5.46 Å². The van der Waals surface area contributed by atoms with Gasteiger partial charge in [0.15, 0.2) is 0 Å². The first kappa shape index (κ1) is 14.9. The van der Waals surface area contributed by atoms with Gasteiger partial charge in [0.05, 0.1) is 0 Å². The number of carbonyl (C=O) groups is 1. The minimum Gasteiger partial charge on any atom is -0.444 e. The van der Waals surface area contributed by atoms with Crippen molar-refractivity contribution in [1.82, 2.24) is 4.90 Å². The molecule has 1 heterocycles. The second-order valence-corrected chi connectivity index (χ2v) is 6.01. The lowest BCUT2D eigenvalue weighted by atomic mass is 9.74. The first-order valence-corrected chi connectivity index (χ1v) is 6.72. The van der Waals surface area contributed by atoms with Gasteiger partial charge in [0.25, 0.3) is 0 Å². The molecule has 1 aliphatic heterocycles. The maximum Gasteiger partial charge on any atom is 0.488 e. The Morgan fingerprint density at radius 2 is 2.05 bits per heavy atom. The summed E-state index contributed by atoms with van der Waals surface area (Å²) in [5, 5.41) is 18.8. The Hall–Kier alpha value is -1.53. The van der Waals surface area contributed by atoms with Crippen LogP contribution in [0.3, 0.4) is 0 Å². The number of carbonyl (C=O) groups excluding carboxylic acids is 1. The fourth-order valence-electron chi connectivity index (χ4n) is 2.33. The SMILES string of the molecule is CC(C)(C)OC(=O)N1CCc2cccc(B(O)O)c2C1. The van der Waals surface area contributed by atoms with Crippen LogP contribution in [0.4, 0.5) is 4.79 Å².